The molecule has 0 saturated heterocycles. The van der Waals surface area contributed by atoms with Gasteiger partial charge in [0.2, 0.25) is 0 Å². The van der Waals surface area contributed by atoms with Gasteiger partial charge in [-0.25, -0.2) is 4.79 Å². The SMILES string of the molecule is CC(C)(C)OC[C@H](/C=C/[C@@H](O)[C@H](Cc1ccccc1)NC(=O)OCc1ccccc1)Cc1ccccc1. The fraction of sp³-hybridized carbons (Fsp3) is 0.344. The van der Waals surface area contributed by atoms with Crippen molar-refractivity contribution in [1.82, 2.24) is 5.32 Å². The molecule has 0 aliphatic heterocycles. The highest BCUT2D eigenvalue weighted by atomic mass is 16.5. The van der Waals surface area contributed by atoms with Gasteiger partial charge < -0.3 is 19.9 Å². The van der Waals surface area contributed by atoms with Gasteiger partial charge in [-0.3, -0.25) is 0 Å². The number of nitrogens with one attached hydrogen (secondary N) is 1. The molecule has 0 heterocycles. The van der Waals surface area contributed by atoms with Crippen LogP contribution in [0.25, 0.3) is 0 Å². The maximum Gasteiger partial charge on any atom is 0.407 e. The predicted molar refractivity (Wildman–Crippen MR) is 148 cm³/mol. The minimum atomic E-state index is -0.905. The summed E-state index contributed by atoms with van der Waals surface area (Å²) in [6.07, 6.45) is 3.56. The van der Waals surface area contributed by atoms with E-state index in [1.54, 1.807) is 6.08 Å². The molecule has 3 aromatic rings. The smallest absolute Gasteiger partial charge is 0.407 e. The quantitative estimate of drug-likeness (QED) is 0.294. The second-order valence-corrected chi connectivity index (χ2v) is 10.3. The van der Waals surface area contributed by atoms with E-state index in [9.17, 15) is 9.90 Å². The number of alkyl carbamates (subject to hydrolysis) is 1. The summed E-state index contributed by atoms with van der Waals surface area (Å²) >= 11 is 0. The standard InChI is InChI=1S/C32H39NO4/c1-32(2,3)37-24-28(21-25-13-7-4-8-14-25)19-20-30(34)29(22-26-15-9-5-10-16-26)33-31(35)36-23-27-17-11-6-12-18-27/h4-20,28-30,34H,21-24H2,1-3H3,(H,33,35)/b20-19+/t28-,29+,30-/m1/s1. The highest BCUT2D eigenvalue weighted by Crippen LogP contribution is 2.17. The molecule has 0 fully saturated rings. The number of amides is 1. The van der Waals surface area contributed by atoms with Crippen LogP contribution in [-0.4, -0.2) is 35.6 Å². The van der Waals surface area contributed by atoms with Gasteiger partial charge >= 0.3 is 6.09 Å². The maximum absolute atomic E-state index is 12.6. The van der Waals surface area contributed by atoms with E-state index in [1.165, 1.54) is 5.56 Å². The first-order chi connectivity index (χ1) is 17.8. The summed E-state index contributed by atoms with van der Waals surface area (Å²) in [4.78, 5) is 12.6. The van der Waals surface area contributed by atoms with Crippen LogP contribution in [0.1, 0.15) is 37.5 Å². The molecule has 0 saturated carbocycles. The van der Waals surface area contributed by atoms with Gasteiger partial charge in [0, 0.05) is 5.92 Å². The van der Waals surface area contributed by atoms with Gasteiger partial charge in [-0.1, -0.05) is 103 Å². The van der Waals surface area contributed by atoms with E-state index in [-0.39, 0.29) is 18.1 Å². The Morgan fingerprint density at radius 1 is 0.811 bits per heavy atom. The van der Waals surface area contributed by atoms with E-state index < -0.39 is 18.2 Å². The van der Waals surface area contributed by atoms with Crippen molar-refractivity contribution in [3.05, 3.63) is 120 Å². The predicted octanol–water partition coefficient (Wildman–Crippen LogP) is 6.12. The number of hydrogen-bond acceptors (Lipinski definition) is 4. The number of aliphatic hydroxyl groups is 1. The molecule has 0 aromatic heterocycles. The number of aliphatic hydroxyl groups excluding tert-OH is 1. The summed E-state index contributed by atoms with van der Waals surface area (Å²) in [5, 5.41) is 14.0. The molecular weight excluding hydrogens is 462 g/mol. The second kappa shape index (κ2) is 14.4. The Bertz CT molecular complexity index is 1080. The van der Waals surface area contributed by atoms with Crippen molar-refractivity contribution in [1.29, 1.82) is 0 Å². The number of carbonyl (C=O) groups excluding carboxylic acids is 1. The molecular formula is C32H39NO4. The monoisotopic (exact) mass is 501 g/mol. The van der Waals surface area contributed by atoms with Crippen LogP contribution in [0.5, 0.6) is 0 Å². The van der Waals surface area contributed by atoms with Gasteiger partial charge in [0.15, 0.2) is 0 Å². The Morgan fingerprint density at radius 3 is 1.86 bits per heavy atom. The average molecular weight is 502 g/mol. The lowest BCUT2D eigenvalue weighted by molar-refractivity contribution is -0.0153. The van der Waals surface area contributed by atoms with E-state index in [4.69, 9.17) is 9.47 Å². The van der Waals surface area contributed by atoms with Crippen molar-refractivity contribution in [3.63, 3.8) is 0 Å². The number of carbonyl (C=O) groups is 1. The van der Waals surface area contributed by atoms with E-state index in [0.717, 1.165) is 17.5 Å². The first kappa shape index (κ1) is 28.2. The highest BCUT2D eigenvalue weighted by molar-refractivity contribution is 5.67. The topological polar surface area (TPSA) is 67.8 Å². The zero-order valence-corrected chi connectivity index (χ0v) is 22.0. The van der Waals surface area contributed by atoms with Crippen molar-refractivity contribution in [2.75, 3.05) is 6.61 Å². The molecule has 5 nitrogen and oxygen atoms in total. The largest absolute Gasteiger partial charge is 0.445 e. The summed E-state index contributed by atoms with van der Waals surface area (Å²) < 4.78 is 11.5. The van der Waals surface area contributed by atoms with Crippen LogP contribution in [0.3, 0.4) is 0 Å². The van der Waals surface area contributed by atoms with Crippen LogP contribution in [0.15, 0.2) is 103 Å². The zero-order valence-electron chi connectivity index (χ0n) is 22.0. The van der Waals surface area contributed by atoms with E-state index in [1.807, 2.05) is 106 Å². The summed E-state index contributed by atoms with van der Waals surface area (Å²) in [5.74, 6) is 0.0682. The van der Waals surface area contributed by atoms with Crippen LogP contribution >= 0.6 is 0 Å². The molecule has 0 aliphatic carbocycles. The van der Waals surface area contributed by atoms with Gasteiger partial charge in [-0.15, -0.1) is 0 Å². The van der Waals surface area contributed by atoms with Crippen molar-refractivity contribution in [2.24, 2.45) is 5.92 Å². The van der Waals surface area contributed by atoms with Crippen LogP contribution in [0.4, 0.5) is 4.79 Å². The Kier molecular flexibility index (Phi) is 10.9. The highest BCUT2D eigenvalue weighted by Gasteiger charge is 2.22. The van der Waals surface area contributed by atoms with Crippen molar-refractivity contribution >= 4 is 6.09 Å². The Hall–Kier alpha value is -3.41. The summed E-state index contributed by atoms with van der Waals surface area (Å²) in [6.45, 7) is 6.79. The molecule has 2 N–H and O–H groups in total. The number of ether oxygens (including phenoxy) is 2. The zero-order chi connectivity index (χ0) is 26.5. The second-order valence-electron chi connectivity index (χ2n) is 10.3. The van der Waals surface area contributed by atoms with Gasteiger partial charge in [0.1, 0.15) is 6.61 Å². The Morgan fingerprint density at radius 2 is 1.32 bits per heavy atom. The van der Waals surface area contributed by atoms with E-state index >= 15 is 0 Å². The molecule has 3 aromatic carbocycles. The summed E-state index contributed by atoms with van der Waals surface area (Å²) in [7, 11) is 0. The lowest BCUT2D eigenvalue weighted by Gasteiger charge is -2.25. The molecule has 0 spiro atoms. The van der Waals surface area contributed by atoms with Crippen LogP contribution < -0.4 is 5.32 Å². The molecule has 1 amide bonds. The molecule has 5 heteroatoms. The first-order valence-corrected chi connectivity index (χ1v) is 12.8. The fourth-order valence-corrected chi connectivity index (χ4v) is 3.90. The van der Waals surface area contributed by atoms with Crippen LogP contribution in [-0.2, 0) is 28.9 Å². The van der Waals surface area contributed by atoms with E-state index in [0.29, 0.717) is 13.0 Å². The van der Waals surface area contributed by atoms with Crippen molar-refractivity contribution < 1.29 is 19.4 Å². The first-order valence-electron chi connectivity index (χ1n) is 12.8. The number of hydrogen-bond donors (Lipinski definition) is 2. The summed E-state index contributed by atoms with van der Waals surface area (Å²) in [5.41, 5.74) is 2.86. The third kappa shape index (κ3) is 11.0. The lowest BCUT2D eigenvalue weighted by Crippen LogP contribution is -2.44. The Balaban J connectivity index is 1.69. The van der Waals surface area contributed by atoms with E-state index in [2.05, 4.69) is 17.4 Å². The van der Waals surface area contributed by atoms with Crippen LogP contribution in [0.2, 0.25) is 0 Å². The van der Waals surface area contributed by atoms with Crippen LogP contribution in [0, 0.1) is 5.92 Å². The Labute approximate surface area is 221 Å². The molecule has 0 radical (unpaired) electrons. The van der Waals surface area contributed by atoms with Crippen molar-refractivity contribution in [2.45, 2.75) is 58.0 Å². The molecule has 0 bridgehead atoms. The number of benzene rings is 3. The van der Waals surface area contributed by atoms with Crippen molar-refractivity contribution in [3.8, 4) is 0 Å². The molecule has 196 valence electrons. The van der Waals surface area contributed by atoms with Gasteiger partial charge in [-0.05, 0) is 50.3 Å². The minimum absolute atomic E-state index is 0.0682. The maximum atomic E-state index is 12.6. The summed E-state index contributed by atoms with van der Waals surface area (Å²) in [6, 6.07) is 29.0. The average Bonchev–Trinajstić information content (AvgIpc) is 2.90. The molecule has 0 unspecified atom stereocenters. The van der Waals surface area contributed by atoms with Gasteiger partial charge in [0.05, 0.1) is 24.4 Å². The third-order valence-electron chi connectivity index (χ3n) is 5.88. The molecule has 0 aliphatic rings. The third-order valence-corrected chi connectivity index (χ3v) is 5.88. The fourth-order valence-electron chi connectivity index (χ4n) is 3.90. The molecule has 37 heavy (non-hydrogen) atoms. The minimum Gasteiger partial charge on any atom is -0.445 e. The van der Waals surface area contributed by atoms with Gasteiger partial charge in [-0.2, -0.15) is 0 Å². The lowest BCUT2D eigenvalue weighted by atomic mass is 9.96. The molecule has 3 atom stereocenters. The number of rotatable bonds is 12. The van der Waals surface area contributed by atoms with Gasteiger partial charge in [0.25, 0.3) is 0 Å². The molecule has 3 rings (SSSR count). The normalized spacial score (nSPS) is 14.2.